The van der Waals surface area contributed by atoms with E-state index in [9.17, 15) is 9.59 Å². The minimum absolute atomic E-state index is 0.0786. The zero-order valence-corrected chi connectivity index (χ0v) is 18.7. The summed E-state index contributed by atoms with van der Waals surface area (Å²) in [4.78, 5) is 35.4. The summed E-state index contributed by atoms with van der Waals surface area (Å²) in [6, 6.07) is 16.3. The van der Waals surface area contributed by atoms with Crippen LogP contribution in [0.4, 0.5) is 5.69 Å². The lowest BCUT2D eigenvalue weighted by Crippen LogP contribution is -2.21. The second-order valence-corrected chi connectivity index (χ2v) is 8.36. The fourth-order valence-electron chi connectivity index (χ4n) is 3.52. The first-order chi connectivity index (χ1) is 16.0. The van der Waals surface area contributed by atoms with Crippen molar-refractivity contribution in [3.05, 3.63) is 82.3 Å². The number of fused-ring (bicyclic) bond motifs is 2. The van der Waals surface area contributed by atoms with Crippen LogP contribution in [0, 0.1) is 6.92 Å². The van der Waals surface area contributed by atoms with Gasteiger partial charge < -0.3 is 14.5 Å². The zero-order chi connectivity index (χ0) is 22.9. The lowest BCUT2D eigenvalue weighted by atomic mass is 10.1. The van der Waals surface area contributed by atoms with Crippen LogP contribution in [0.5, 0.6) is 5.75 Å². The normalized spacial score (nSPS) is 11.1. The van der Waals surface area contributed by atoms with Crippen LogP contribution in [-0.2, 0) is 0 Å². The average molecular weight is 458 g/mol. The molecule has 7 nitrogen and oxygen atoms in total. The van der Waals surface area contributed by atoms with Crippen molar-refractivity contribution in [2.75, 3.05) is 11.9 Å². The SMILES string of the molecule is CCOc1cccc2cc(C(=O)Nc3cc(-c4nc5cccnc5s4)ccc3C)c(=O)oc12. The fraction of sp³-hybridized carbons (Fsp3) is 0.120. The maximum absolute atomic E-state index is 13.0. The first-order valence-corrected chi connectivity index (χ1v) is 11.2. The molecule has 0 saturated heterocycles. The van der Waals surface area contributed by atoms with Crippen LogP contribution in [0.15, 0.2) is 70.0 Å². The molecule has 3 aromatic heterocycles. The number of ether oxygens (including phenoxy) is 1. The molecule has 0 fully saturated rings. The van der Waals surface area contributed by atoms with Gasteiger partial charge in [-0.05, 0) is 49.7 Å². The number of nitrogens with zero attached hydrogens (tertiary/aromatic N) is 2. The maximum atomic E-state index is 13.0. The van der Waals surface area contributed by atoms with Gasteiger partial charge in [0.1, 0.15) is 20.9 Å². The number of rotatable bonds is 5. The van der Waals surface area contributed by atoms with Gasteiger partial charge >= 0.3 is 5.63 Å². The Morgan fingerprint density at radius 3 is 2.85 bits per heavy atom. The number of thiazole rings is 1. The molecule has 0 unspecified atom stereocenters. The number of anilines is 1. The molecule has 0 aliphatic heterocycles. The Bertz CT molecular complexity index is 1540. The Hall–Kier alpha value is -4.04. The summed E-state index contributed by atoms with van der Waals surface area (Å²) in [7, 11) is 0. The zero-order valence-electron chi connectivity index (χ0n) is 17.9. The second-order valence-electron chi connectivity index (χ2n) is 7.39. The number of amides is 1. The molecular formula is C25H19N3O4S. The number of benzene rings is 2. The van der Waals surface area contributed by atoms with Crippen molar-refractivity contribution in [3.63, 3.8) is 0 Å². The van der Waals surface area contributed by atoms with Crippen LogP contribution in [0.3, 0.4) is 0 Å². The quantitative estimate of drug-likeness (QED) is 0.354. The molecule has 0 aliphatic carbocycles. The van der Waals surface area contributed by atoms with E-state index in [1.165, 1.54) is 17.4 Å². The minimum atomic E-state index is -0.724. The number of carbonyl (C=O) groups excluding carboxylic acids is 1. The van der Waals surface area contributed by atoms with E-state index in [0.717, 1.165) is 26.5 Å². The molecule has 5 aromatic rings. The van der Waals surface area contributed by atoms with Crippen molar-refractivity contribution in [2.45, 2.75) is 13.8 Å². The molecule has 3 heterocycles. The van der Waals surface area contributed by atoms with Crippen LogP contribution in [0.1, 0.15) is 22.8 Å². The van der Waals surface area contributed by atoms with E-state index in [-0.39, 0.29) is 5.56 Å². The first kappa shape index (κ1) is 20.8. The topological polar surface area (TPSA) is 94.3 Å². The van der Waals surface area contributed by atoms with Crippen LogP contribution < -0.4 is 15.7 Å². The van der Waals surface area contributed by atoms with Gasteiger partial charge in [0.25, 0.3) is 5.91 Å². The van der Waals surface area contributed by atoms with Gasteiger partial charge in [-0.25, -0.2) is 14.8 Å². The van der Waals surface area contributed by atoms with Gasteiger partial charge in [0.15, 0.2) is 11.3 Å². The van der Waals surface area contributed by atoms with E-state index in [2.05, 4.69) is 15.3 Å². The highest BCUT2D eigenvalue weighted by Gasteiger charge is 2.17. The Morgan fingerprint density at radius 2 is 2.03 bits per heavy atom. The summed E-state index contributed by atoms with van der Waals surface area (Å²) in [6.45, 7) is 4.17. The average Bonchev–Trinajstić information content (AvgIpc) is 3.25. The van der Waals surface area contributed by atoms with Crippen molar-refractivity contribution in [2.24, 2.45) is 0 Å². The number of carbonyl (C=O) groups is 1. The third kappa shape index (κ3) is 3.96. The van der Waals surface area contributed by atoms with E-state index in [1.807, 2.05) is 44.2 Å². The van der Waals surface area contributed by atoms with Crippen molar-refractivity contribution in [1.82, 2.24) is 9.97 Å². The number of pyridine rings is 1. The van der Waals surface area contributed by atoms with Gasteiger partial charge in [0.2, 0.25) is 0 Å². The molecule has 33 heavy (non-hydrogen) atoms. The molecule has 0 radical (unpaired) electrons. The minimum Gasteiger partial charge on any atom is -0.490 e. The molecule has 0 atom stereocenters. The van der Waals surface area contributed by atoms with E-state index < -0.39 is 11.5 Å². The summed E-state index contributed by atoms with van der Waals surface area (Å²) >= 11 is 1.48. The van der Waals surface area contributed by atoms with Gasteiger partial charge in [-0.3, -0.25) is 4.79 Å². The van der Waals surface area contributed by atoms with Crippen molar-refractivity contribution in [1.29, 1.82) is 0 Å². The summed E-state index contributed by atoms with van der Waals surface area (Å²) in [5.74, 6) is -0.0772. The molecule has 5 rings (SSSR count). The molecular weight excluding hydrogens is 438 g/mol. The number of hydrogen-bond acceptors (Lipinski definition) is 7. The van der Waals surface area contributed by atoms with Crippen molar-refractivity contribution >= 4 is 44.2 Å². The van der Waals surface area contributed by atoms with E-state index in [0.29, 0.717) is 29.0 Å². The molecule has 8 heteroatoms. The van der Waals surface area contributed by atoms with E-state index in [4.69, 9.17) is 9.15 Å². The van der Waals surface area contributed by atoms with Crippen LogP contribution in [-0.4, -0.2) is 22.5 Å². The van der Waals surface area contributed by atoms with E-state index >= 15 is 0 Å². The lowest BCUT2D eigenvalue weighted by molar-refractivity contribution is 0.102. The van der Waals surface area contributed by atoms with Gasteiger partial charge in [-0.1, -0.05) is 35.6 Å². The monoisotopic (exact) mass is 457 g/mol. The summed E-state index contributed by atoms with van der Waals surface area (Å²) in [6.07, 6.45) is 1.73. The highest BCUT2D eigenvalue weighted by molar-refractivity contribution is 7.21. The number of para-hydroxylation sites is 1. The number of hydrogen-bond donors (Lipinski definition) is 1. The molecule has 2 aromatic carbocycles. The lowest BCUT2D eigenvalue weighted by Gasteiger charge is -2.10. The van der Waals surface area contributed by atoms with Gasteiger partial charge in [-0.2, -0.15) is 0 Å². The number of aryl methyl sites for hydroxylation is 1. The molecule has 0 saturated carbocycles. The number of nitrogens with one attached hydrogen (secondary N) is 1. The molecule has 0 aliphatic rings. The van der Waals surface area contributed by atoms with Gasteiger partial charge in [0.05, 0.1) is 6.61 Å². The standard InChI is InChI=1S/C25H19N3O4S/c1-3-31-20-8-4-6-15-12-17(25(30)32-21(15)20)22(29)27-19-13-16(10-9-14(19)2)23-28-18-7-5-11-26-24(18)33-23/h4-13H,3H2,1-2H3,(H,27,29). The fourth-order valence-corrected chi connectivity index (χ4v) is 4.42. The third-order valence-electron chi connectivity index (χ3n) is 5.17. The molecule has 1 N–H and O–H groups in total. The number of aromatic nitrogens is 2. The molecule has 1 amide bonds. The van der Waals surface area contributed by atoms with Gasteiger partial charge in [-0.15, -0.1) is 0 Å². The largest absolute Gasteiger partial charge is 0.490 e. The van der Waals surface area contributed by atoms with Crippen LogP contribution in [0.25, 0.3) is 31.9 Å². The van der Waals surface area contributed by atoms with Crippen LogP contribution >= 0.6 is 11.3 Å². The Labute approximate surface area is 192 Å². The summed E-state index contributed by atoms with van der Waals surface area (Å²) in [5.41, 5.74) is 2.64. The van der Waals surface area contributed by atoms with Crippen LogP contribution in [0.2, 0.25) is 0 Å². The Morgan fingerprint density at radius 1 is 1.15 bits per heavy atom. The third-order valence-corrected chi connectivity index (χ3v) is 6.20. The predicted molar refractivity (Wildman–Crippen MR) is 129 cm³/mol. The van der Waals surface area contributed by atoms with E-state index in [1.54, 1.807) is 24.4 Å². The summed E-state index contributed by atoms with van der Waals surface area (Å²) in [5, 5.41) is 4.26. The Kier molecular flexibility index (Phi) is 5.35. The van der Waals surface area contributed by atoms with Gasteiger partial charge in [0, 0.05) is 22.8 Å². The maximum Gasteiger partial charge on any atom is 0.349 e. The highest BCUT2D eigenvalue weighted by atomic mass is 32.1. The molecule has 0 spiro atoms. The summed E-state index contributed by atoms with van der Waals surface area (Å²) < 4.78 is 11.0. The second kappa shape index (κ2) is 8.48. The predicted octanol–water partition coefficient (Wildman–Crippen LogP) is 5.42. The first-order valence-electron chi connectivity index (χ1n) is 10.4. The molecule has 0 bridgehead atoms. The molecule has 164 valence electrons. The smallest absolute Gasteiger partial charge is 0.349 e. The highest BCUT2D eigenvalue weighted by Crippen LogP contribution is 2.31. The van der Waals surface area contributed by atoms with Crippen molar-refractivity contribution < 1.29 is 13.9 Å². The van der Waals surface area contributed by atoms with Crippen molar-refractivity contribution in [3.8, 4) is 16.3 Å². The Balaban J connectivity index is 1.48.